The summed E-state index contributed by atoms with van der Waals surface area (Å²) >= 11 is 15.3. The fourth-order valence-corrected chi connectivity index (χ4v) is 6.54. The smallest absolute Gasteiger partial charge is 0.238 e. The van der Waals surface area contributed by atoms with Crippen molar-refractivity contribution >= 4 is 69.9 Å². The van der Waals surface area contributed by atoms with Gasteiger partial charge in [-0.15, -0.1) is 23.5 Å². The fraction of sp³-hybridized carbons (Fsp3) is 0.167. The molecule has 0 saturated carbocycles. The second-order valence-corrected chi connectivity index (χ2v) is 10.5. The van der Waals surface area contributed by atoms with Gasteiger partial charge in [0, 0.05) is 21.4 Å². The summed E-state index contributed by atoms with van der Waals surface area (Å²) in [5.41, 5.74) is 3.77. The number of hydrogen-bond acceptors (Lipinski definition) is 4. The number of benzene rings is 3. The minimum absolute atomic E-state index is 0.0808. The van der Waals surface area contributed by atoms with Gasteiger partial charge in [0.2, 0.25) is 11.8 Å². The summed E-state index contributed by atoms with van der Waals surface area (Å²) < 4.78 is 0. The van der Waals surface area contributed by atoms with Gasteiger partial charge in [-0.25, -0.2) is 0 Å². The monoisotopic (exact) mass is 500 g/mol. The minimum Gasteiger partial charge on any atom is -0.295 e. The van der Waals surface area contributed by atoms with E-state index in [0.717, 1.165) is 22.5 Å². The van der Waals surface area contributed by atoms with E-state index in [1.165, 1.54) is 0 Å². The molecule has 2 aliphatic rings. The summed E-state index contributed by atoms with van der Waals surface area (Å²) in [6, 6.07) is 22.9. The van der Waals surface area contributed by atoms with Crippen LogP contribution in [-0.4, -0.2) is 23.3 Å². The molecule has 0 spiro atoms. The van der Waals surface area contributed by atoms with Gasteiger partial charge in [0.1, 0.15) is 10.7 Å². The Kier molecular flexibility index (Phi) is 6.12. The number of thioether (sulfide) groups is 2. The van der Waals surface area contributed by atoms with E-state index < -0.39 is 0 Å². The lowest BCUT2D eigenvalue weighted by Gasteiger charge is -2.26. The number of anilines is 2. The molecule has 162 valence electrons. The highest BCUT2D eigenvalue weighted by atomic mass is 35.5. The van der Waals surface area contributed by atoms with Gasteiger partial charge in [-0.2, -0.15) is 0 Å². The van der Waals surface area contributed by atoms with E-state index in [4.69, 9.17) is 23.2 Å². The van der Waals surface area contributed by atoms with Crippen LogP contribution in [0.5, 0.6) is 0 Å². The quantitative estimate of drug-likeness (QED) is 0.407. The van der Waals surface area contributed by atoms with Gasteiger partial charge in [0.25, 0.3) is 0 Å². The maximum atomic E-state index is 12.6. The highest BCUT2D eigenvalue weighted by molar-refractivity contribution is 8.01. The average Bonchev–Trinajstić information content (AvgIpc) is 3.38. The number of amides is 2. The molecule has 5 rings (SSSR count). The van der Waals surface area contributed by atoms with Crippen LogP contribution in [0.25, 0.3) is 0 Å². The predicted octanol–water partition coefficient (Wildman–Crippen LogP) is 6.55. The van der Waals surface area contributed by atoms with Crippen LogP contribution in [0.4, 0.5) is 11.4 Å². The Morgan fingerprint density at radius 1 is 0.594 bits per heavy atom. The molecule has 2 aliphatic heterocycles. The number of nitrogens with zero attached hydrogens (tertiary/aromatic N) is 2. The normalized spacial score (nSPS) is 20.9. The molecule has 4 nitrogen and oxygen atoms in total. The van der Waals surface area contributed by atoms with Gasteiger partial charge in [0.15, 0.2) is 0 Å². The van der Waals surface area contributed by atoms with E-state index in [1.54, 1.807) is 47.8 Å². The van der Waals surface area contributed by atoms with Crippen LogP contribution in [0.3, 0.4) is 0 Å². The molecule has 3 aromatic carbocycles. The minimum atomic E-state index is -0.0945. The zero-order valence-electron chi connectivity index (χ0n) is 16.8. The zero-order valence-corrected chi connectivity index (χ0v) is 19.9. The van der Waals surface area contributed by atoms with Crippen LogP contribution in [0.2, 0.25) is 10.0 Å². The van der Waals surface area contributed by atoms with Gasteiger partial charge < -0.3 is 0 Å². The lowest BCUT2D eigenvalue weighted by atomic mass is 10.1. The third-order valence-electron chi connectivity index (χ3n) is 5.45. The Morgan fingerprint density at radius 2 is 0.938 bits per heavy atom. The third kappa shape index (κ3) is 4.13. The van der Waals surface area contributed by atoms with Crippen molar-refractivity contribution in [2.45, 2.75) is 10.7 Å². The second kappa shape index (κ2) is 9.02. The SMILES string of the molecule is O=C1CS[C@@H](c2ccc([C@@H]3SCC(=O)N3c3ccc(Cl)cc3)cc2)N1c1ccc(Cl)cc1. The number of carbonyl (C=O) groups excluding carboxylic acids is 2. The Balaban J connectivity index is 1.41. The van der Waals surface area contributed by atoms with Crippen LogP contribution in [-0.2, 0) is 9.59 Å². The molecule has 0 radical (unpaired) electrons. The topological polar surface area (TPSA) is 40.6 Å². The molecule has 3 aromatic rings. The summed E-state index contributed by atoms with van der Waals surface area (Å²) in [6.07, 6.45) is 0. The van der Waals surface area contributed by atoms with Crippen molar-refractivity contribution in [1.82, 2.24) is 0 Å². The largest absolute Gasteiger partial charge is 0.295 e. The third-order valence-corrected chi connectivity index (χ3v) is 8.38. The molecule has 32 heavy (non-hydrogen) atoms. The van der Waals surface area contributed by atoms with Crippen molar-refractivity contribution in [1.29, 1.82) is 0 Å². The summed E-state index contributed by atoms with van der Waals surface area (Å²) in [4.78, 5) is 28.8. The van der Waals surface area contributed by atoms with E-state index in [1.807, 2.05) is 34.1 Å². The molecule has 8 heteroatoms. The van der Waals surface area contributed by atoms with Crippen molar-refractivity contribution in [3.8, 4) is 0 Å². The van der Waals surface area contributed by atoms with Crippen molar-refractivity contribution in [3.63, 3.8) is 0 Å². The van der Waals surface area contributed by atoms with Crippen molar-refractivity contribution in [2.24, 2.45) is 0 Å². The highest BCUT2D eigenvalue weighted by Gasteiger charge is 2.36. The van der Waals surface area contributed by atoms with E-state index in [2.05, 4.69) is 24.3 Å². The lowest BCUT2D eigenvalue weighted by molar-refractivity contribution is -0.116. The Morgan fingerprint density at radius 3 is 1.28 bits per heavy atom. The molecule has 2 heterocycles. The van der Waals surface area contributed by atoms with Crippen molar-refractivity contribution < 1.29 is 9.59 Å². The molecule has 2 saturated heterocycles. The van der Waals surface area contributed by atoms with E-state index >= 15 is 0 Å². The van der Waals surface area contributed by atoms with Crippen LogP contribution in [0.1, 0.15) is 21.9 Å². The van der Waals surface area contributed by atoms with Crippen LogP contribution in [0, 0.1) is 0 Å². The summed E-state index contributed by atoms with van der Waals surface area (Å²) in [5.74, 6) is 1.04. The molecule has 2 atom stereocenters. The van der Waals surface area contributed by atoms with E-state index in [-0.39, 0.29) is 22.6 Å². The fourth-order valence-electron chi connectivity index (χ4n) is 3.93. The molecular formula is C24H18Cl2N2O2S2. The molecular weight excluding hydrogens is 483 g/mol. The Bertz CT molecular complexity index is 1060. The molecule has 0 aromatic heterocycles. The first-order valence-electron chi connectivity index (χ1n) is 9.99. The standard InChI is InChI=1S/C24H18Cl2N2O2S2/c25-17-5-9-19(10-6-17)27-21(29)13-31-23(27)15-1-2-16(4-3-15)24-28(22(30)14-32-24)20-11-7-18(26)8-12-20/h1-12,23-24H,13-14H2/t23-,24-/m0/s1. The average molecular weight is 501 g/mol. The Labute approximate surface area is 204 Å². The second-order valence-electron chi connectivity index (χ2n) is 7.47. The summed E-state index contributed by atoms with van der Waals surface area (Å²) in [5, 5.41) is 1.09. The van der Waals surface area contributed by atoms with Gasteiger partial charge in [-0.05, 0) is 59.7 Å². The maximum absolute atomic E-state index is 12.6. The number of rotatable bonds is 4. The van der Waals surface area contributed by atoms with Crippen molar-refractivity contribution in [3.05, 3.63) is 94.0 Å². The highest BCUT2D eigenvalue weighted by Crippen LogP contribution is 2.45. The van der Waals surface area contributed by atoms with Gasteiger partial charge in [-0.1, -0.05) is 47.5 Å². The van der Waals surface area contributed by atoms with Crippen molar-refractivity contribution in [2.75, 3.05) is 21.3 Å². The molecule has 2 fully saturated rings. The van der Waals surface area contributed by atoms with Gasteiger partial charge in [-0.3, -0.25) is 19.4 Å². The van der Waals surface area contributed by atoms with E-state index in [0.29, 0.717) is 21.6 Å². The first kappa shape index (κ1) is 21.7. The van der Waals surface area contributed by atoms with Crippen LogP contribution in [0.15, 0.2) is 72.8 Å². The lowest BCUT2D eigenvalue weighted by Crippen LogP contribution is -2.28. The van der Waals surface area contributed by atoms with Crippen LogP contribution < -0.4 is 9.80 Å². The number of carbonyl (C=O) groups is 2. The van der Waals surface area contributed by atoms with E-state index in [9.17, 15) is 9.59 Å². The molecule has 0 N–H and O–H groups in total. The first-order chi connectivity index (χ1) is 15.5. The molecule has 0 unspecified atom stereocenters. The predicted molar refractivity (Wildman–Crippen MR) is 135 cm³/mol. The Hall–Kier alpha value is -2.12. The molecule has 0 bridgehead atoms. The summed E-state index contributed by atoms with van der Waals surface area (Å²) in [7, 11) is 0. The van der Waals surface area contributed by atoms with Gasteiger partial charge >= 0.3 is 0 Å². The number of hydrogen-bond donors (Lipinski definition) is 0. The first-order valence-corrected chi connectivity index (χ1v) is 12.8. The zero-order chi connectivity index (χ0) is 22.2. The maximum Gasteiger partial charge on any atom is 0.238 e. The molecule has 2 amide bonds. The summed E-state index contributed by atoms with van der Waals surface area (Å²) in [6.45, 7) is 0. The molecule has 0 aliphatic carbocycles. The van der Waals surface area contributed by atoms with Crippen LogP contribution >= 0.6 is 46.7 Å². The number of halogens is 2. The van der Waals surface area contributed by atoms with Gasteiger partial charge in [0.05, 0.1) is 11.5 Å².